The zero-order chi connectivity index (χ0) is 27.5. The first-order valence-corrected chi connectivity index (χ1v) is 11.8. The van der Waals surface area contributed by atoms with Crippen molar-refractivity contribution in [2.45, 2.75) is 45.6 Å². The highest BCUT2D eigenvalue weighted by Gasteiger charge is 2.38. The van der Waals surface area contributed by atoms with Gasteiger partial charge < -0.3 is 5.32 Å². The largest absolute Gasteiger partial charge is 0.416 e. The molecule has 0 radical (unpaired) electrons. The van der Waals surface area contributed by atoms with Gasteiger partial charge >= 0.3 is 12.4 Å². The number of halogens is 6. The Bertz CT molecular complexity index is 1240. The number of aromatic nitrogens is 2. The fourth-order valence-corrected chi connectivity index (χ4v) is 4.03. The number of amides is 2. The maximum atomic E-state index is 13.2. The van der Waals surface area contributed by atoms with Gasteiger partial charge in [0.2, 0.25) is 11.0 Å². The lowest BCUT2D eigenvalue weighted by atomic mass is 9.97. The Morgan fingerprint density at radius 2 is 1.51 bits per heavy atom. The molecule has 0 saturated carbocycles. The van der Waals surface area contributed by atoms with Crippen LogP contribution in [0.25, 0.3) is 10.6 Å². The molecular formula is C24H22F6N4O2S. The van der Waals surface area contributed by atoms with Gasteiger partial charge in [-0.25, -0.2) is 0 Å². The summed E-state index contributed by atoms with van der Waals surface area (Å²) in [6, 6.07) is 6.69. The fraction of sp³-hybridized carbons (Fsp3) is 0.333. The van der Waals surface area contributed by atoms with E-state index in [0.717, 1.165) is 22.5 Å². The van der Waals surface area contributed by atoms with Gasteiger partial charge in [0, 0.05) is 11.1 Å². The lowest BCUT2D eigenvalue weighted by Gasteiger charge is -2.23. The third kappa shape index (κ3) is 7.06. The summed E-state index contributed by atoms with van der Waals surface area (Å²) in [4.78, 5) is 25.7. The van der Waals surface area contributed by atoms with Crippen LogP contribution in [0.4, 0.5) is 31.5 Å². The van der Waals surface area contributed by atoms with Crippen LogP contribution in [-0.4, -0.2) is 28.1 Å². The van der Waals surface area contributed by atoms with E-state index in [1.54, 1.807) is 13.8 Å². The zero-order valence-corrected chi connectivity index (χ0v) is 20.6. The van der Waals surface area contributed by atoms with Crippen molar-refractivity contribution in [1.82, 2.24) is 15.5 Å². The van der Waals surface area contributed by atoms with Crippen molar-refractivity contribution in [2.24, 2.45) is 5.92 Å². The number of nitrogens with one attached hydrogen (secondary N) is 2. The number of anilines is 1. The summed E-state index contributed by atoms with van der Waals surface area (Å²) in [5.41, 5.74) is -2.33. The monoisotopic (exact) mass is 544 g/mol. The SMILES string of the molecule is CC[C@H](C)[C@H](NC(=O)c1cc(C(F)(F)F)cc(C(F)(F)F)c1)C(=O)Nc1nnc(-c2ccc(C)cc2)s1. The van der Waals surface area contributed by atoms with Crippen LogP contribution < -0.4 is 10.6 Å². The molecule has 0 aliphatic rings. The van der Waals surface area contributed by atoms with Gasteiger partial charge in [0.1, 0.15) is 11.0 Å². The van der Waals surface area contributed by atoms with Gasteiger partial charge in [-0.1, -0.05) is 61.4 Å². The van der Waals surface area contributed by atoms with E-state index in [1.807, 2.05) is 31.2 Å². The van der Waals surface area contributed by atoms with Crippen LogP contribution in [0.3, 0.4) is 0 Å². The first-order valence-electron chi connectivity index (χ1n) is 11.0. The zero-order valence-electron chi connectivity index (χ0n) is 19.8. The van der Waals surface area contributed by atoms with Gasteiger partial charge in [0.05, 0.1) is 11.1 Å². The van der Waals surface area contributed by atoms with Crippen LogP contribution in [0.5, 0.6) is 0 Å². The first kappa shape index (κ1) is 28.1. The van der Waals surface area contributed by atoms with Gasteiger partial charge in [-0.3, -0.25) is 14.9 Å². The maximum Gasteiger partial charge on any atom is 0.416 e. The third-order valence-corrected chi connectivity index (χ3v) is 6.47. The molecule has 13 heteroatoms. The van der Waals surface area contributed by atoms with Crippen molar-refractivity contribution in [1.29, 1.82) is 0 Å². The second kappa shape index (κ2) is 10.9. The highest BCUT2D eigenvalue weighted by molar-refractivity contribution is 7.18. The van der Waals surface area contributed by atoms with Crippen molar-refractivity contribution >= 4 is 28.3 Å². The highest BCUT2D eigenvalue weighted by Crippen LogP contribution is 2.36. The second-order valence-electron chi connectivity index (χ2n) is 8.40. The number of nitrogens with zero attached hydrogens (tertiary/aromatic N) is 2. The van der Waals surface area contributed by atoms with Gasteiger partial charge in [0.25, 0.3) is 5.91 Å². The molecule has 2 atom stereocenters. The summed E-state index contributed by atoms with van der Waals surface area (Å²) in [6.07, 6.45) is -9.85. The van der Waals surface area contributed by atoms with E-state index in [0.29, 0.717) is 23.6 Å². The predicted molar refractivity (Wildman–Crippen MR) is 126 cm³/mol. The summed E-state index contributed by atoms with van der Waals surface area (Å²) in [5.74, 6) is -2.51. The van der Waals surface area contributed by atoms with Gasteiger partial charge in [-0.15, -0.1) is 10.2 Å². The highest BCUT2D eigenvalue weighted by atomic mass is 32.1. The van der Waals surface area contributed by atoms with Crippen LogP contribution >= 0.6 is 11.3 Å². The van der Waals surface area contributed by atoms with Crippen molar-refractivity contribution in [3.63, 3.8) is 0 Å². The summed E-state index contributed by atoms with van der Waals surface area (Å²) in [5, 5.41) is 13.4. The topological polar surface area (TPSA) is 84.0 Å². The Morgan fingerprint density at radius 1 is 0.946 bits per heavy atom. The normalized spacial score (nSPS) is 13.6. The standard InChI is InChI=1S/C24H22F6N4O2S/c1-4-13(3)18(20(36)32-22-34-33-21(37-22)14-7-5-12(2)6-8-14)31-19(35)15-9-16(23(25,26)27)11-17(10-15)24(28,29)30/h5-11,13,18H,4H2,1-3H3,(H,31,35)(H,32,34,36)/t13-,18-/m0/s1. The lowest BCUT2D eigenvalue weighted by Crippen LogP contribution is -2.47. The average molecular weight is 545 g/mol. The fourth-order valence-electron chi connectivity index (χ4n) is 3.28. The minimum absolute atomic E-state index is 0.0727. The summed E-state index contributed by atoms with van der Waals surface area (Å²) in [7, 11) is 0. The molecule has 0 saturated heterocycles. The number of carbonyl (C=O) groups is 2. The van der Waals surface area contributed by atoms with E-state index in [1.165, 1.54) is 0 Å². The van der Waals surface area contributed by atoms with Crippen LogP contribution in [0, 0.1) is 12.8 Å². The van der Waals surface area contributed by atoms with E-state index in [9.17, 15) is 35.9 Å². The number of alkyl halides is 6. The molecule has 3 rings (SSSR count). The Labute approximate surface area is 212 Å². The van der Waals surface area contributed by atoms with Crippen LogP contribution in [0.15, 0.2) is 42.5 Å². The van der Waals surface area contributed by atoms with E-state index in [-0.39, 0.29) is 11.2 Å². The molecule has 3 aromatic rings. The minimum Gasteiger partial charge on any atom is -0.340 e. The number of benzene rings is 2. The Kier molecular flexibility index (Phi) is 8.25. The molecule has 6 nitrogen and oxygen atoms in total. The van der Waals surface area contributed by atoms with Crippen molar-refractivity contribution in [3.05, 3.63) is 64.7 Å². The maximum absolute atomic E-state index is 13.2. The van der Waals surface area contributed by atoms with Gasteiger partial charge in [-0.2, -0.15) is 26.3 Å². The number of hydrogen-bond donors (Lipinski definition) is 2. The lowest BCUT2D eigenvalue weighted by molar-refractivity contribution is -0.143. The Morgan fingerprint density at radius 3 is 2.03 bits per heavy atom. The molecule has 1 heterocycles. The number of rotatable bonds is 7. The van der Waals surface area contributed by atoms with Crippen LogP contribution in [0.1, 0.15) is 47.3 Å². The van der Waals surface area contributed by atoms with E-state index in [4.69, 9.17) is 0 Å². The summed E-state index contributed by atoms with van der Waals surface area (Å²) < 4.78 is 79.1. The van der Waals surface area contributed by atoms with Crippen LogP contribution in [0.2, 0.25) is 0 Å². The number of carbonyl (C=O) groups excluding carboxylic acids is 2. The second-order valence-corrected chi connectivity index (χ2v) is 9.38. The van der Waals surface area contributed by atoms with Crippen molar-refractivity contribution in [3.8, 4) is 10.6 Å². The molecule has 2 aromatic carbocycles. The van der Waals surface area contributed by atoms with Gasteiger partial charge in [0.15, 0.2) is 0 Å². The molecule has 0 aliphatic carbocycles. The molecule has 0 fully saturated rings. The summed E-state index contributed by atoms with van der Waals surface area (Å²) in [6.45, 7) is 5.24. The molecule has 1 aromatic heterocycles. The molecule has 2 N–H and O–H groups in total. The minimum atomic E-state index is -5.11. The van der Waals surface area contributed by atoms with Gasteiger partial charge in [-0.05, 0) is 31.0 Å². The molecule has 0 aliphatic heterocycles. The summed E-state index contributed by atoms with van der Waals surface area (Å²) >= 11 is 1.06. The number of aryl methyl sites for hydroxylation is 1. The van der Waals surface area contributed by atoms with Crippen LogP contribution in [-0.2, 0) is 17.1 Å². The Hall–Kier alpha value is -3.48. The first-order chi connectivity index (χ1) is 17.2. The average Bonchev–Trinajstić information content (AvgIpc) is 3.29. The van der Waals surface area contributed by atoms with Crippen molar-refractivity contribution < 1.29 is 35.9 Å². The molecule has 0 spiro atoms. The third-order valence-electron chi connectivity index (χ3n) is 5.59. The molecule has 198 valence electrons. The molecular weight excluding hydrogens is 522 g/mol. The van der Waals surface area contributed by atoms with E-state index < -0.39 is 52.8 Å². The number of hydrogen-bond acceptors (Lipinski definition) is 5. The van der Waals surface area contributed by atoms with E-state index >= 15 is 0 Å². The van der Waals surface area contributed by atoms with E-state index in [2.05, 4.69) is 20.8 Å². The quantitative estimate of drug-likeness (QED) is 0.341. The van der Waals surface area contributed by atoms with Crippen molar-refractivity contribution in [2.75, 3.05) is 5.32 Å². The Balaban J connectivity index is 1.84. The molecule has 2 amide bonds. The molecule has 0 bridgehead atoms. The smallest absolute Gasteiger partial charge is 0.340 e. The predicted octanol–water partition coefficient (Wildman–Crippen LogP) is 6.33. The molecule has 37 heavy (non-hydrogen) atoms. The molecule has 0 unspecified atom stereocenters.